The minimum absolute atomic E-state index is 0.0751. The van der Waals surface area contributed by atoms with Crippen LogP contribution in [0.15, 0.2) is 0 Å². The summed E-state index contributed by atoms with van der Waals surface area (Å²) in [6.45, 7) is -0.382. The second-order valence-electron chi connectivity index (χ2n) is 5.95. The Morgan fingerprint density at radius 2 is 1.52 bits per heavy atom. The van der Waals surface area contributed by atoms with E-state index in [9.17, 15) is 14.4 Å². The van der Waals surface area contributed by atoms with Gasteiger partial charge in [-0.1, -0.05) is 32.1 Å². The Morgan fingerprint density at radius 1 is 0.905 bits per heavy atom. The molecule has 0 aromatic rings. The first kappa shape index (κ1) is 15.8. The van der Waals surface area contributed by atoms with E-state index in [2.05, 4.69) is 10.6 Å². The van der Waals surface area contributed by atoms with Crippen LogP contribution in [-0.4, -0.2) is 30.6 Å². The Labute approximate surface area is 125 Å². The van der Waals surface area contributed by atoms with Crippen molar-refractivity contribution in [2.24, 2.45) is 5.92 Å². The molecule has 0 heterocycles. The van der Waals surface area contributed by atoms with Gasteiger partial charge < -0.3 is 10.1 Å². The first-order valence-corrected chi connectivity index (χ1v) is 7.92. The summed E-state index contributed by atoms with van der Waals surface area (Å²) in [7, 11) is 0. The van der Waals surface area contributed by atoms with Gasteiger partial charge in [0.2, 0.25) is 0 Å². The number of rotatable bonds is 4. The molecule has 0 aromatic carbocycles. The number of hydrogen-bond acceptors (Lipinski definition) is 4. The molecule has 2 rings (SSSR count). The predicted molar refractivity (Wildman–Crippen MR) is 76.5 cm³/mol. The van der Waals surface area contributed by atoms with Crippen LogP contribution in [0.1, 0.15) is 57.8 Å². The monoisotopic (exact) mass is 296 g/mol. The molecule has 118 valence electrons. The molecule has 2 aliphatic carbocycles. The highest BCUT2D eigenvalue weighted by Crippen LogP contribution is 2.25. The molecule has 0 radical (unpaired) electrons. The van der Waals surface area contributed by atoms with Crippen molar-refractivity contribution in [3.05, 3.63) is 0 Å². The van der Waals surface area contributed by atoms with Crippen LogP contribution in [0.5, 0.6) is 0 Å². The van der Waals surface area contributed by atoms with Gasteiger partial charge in [0, 0.05) is 6.04 Å². The molecule has 0 atom stereocenters. The standard InChI is InChI=1S/C15H24N2O4/c18-13(10-21-14(19)11-6-4-5-7-11)17-15(20)16-12-8-2-1-3-9-12/h11-12H,1-10H2,(H2,16,17,18,20). The third kappa shape index (κ3) is 5.36. The van der Waals surface area contributed by atoms with Gasteiger partial charge in [-0.15, -0.1) is 0 Å². The van der Waals surface area contributed by atoms with Crippen molar-refractivity contribution < 1.29 is 19.1 Å². The molecule has 2 saturated carbocycles. The van der Waals surface area contributed by atoms with Gasteiger partial charge in [-0.05, 0) is 25.7 Å². The van der Waals surface area contributed by atoms with E-state index in [1.54, 1.807) is 0 Å². The van der Waals surface area contributed by atoms with Crippen molar-refractivity contribution >= 4 is 17.9 Å². The number of hydrogen-bond donors (Lipinski definition) is 2. The third-order valence-corrected chi connectivity index (χ3v) is 4.23. The number of esters is 1. The van der Waals surface area contributed by atoms with Crippen LogP contribution in [0.2, 0.25) is 0 Å². The lowest BCUT2D eigenvalue weighted by atomic mass is 9.96. The molecule has 3 amide bonds. The lowest BCUT2D eigenvalue weighted by Gasteiger charge is -2.22. The maximum atomic E-state index is 11.6. The largest absolute Gasteiger partial charge is 0.455 e. The summed E-state index contributed by atoms with van der Waals surface area (Å²) in [6.07, 6.45) is 9.08. The van der Waals surface area contributed by atoms with Crippen molar-refractivity contribution in [1.82, 2.24) is 10.6 Å². The lowest BCUT2D eigenvalue weighted by Crippen LogP contribution is -2.46. The van der Waals surface area contributed by atoms with Gasteiger partial charge >= 0.3 is 12.0 Å². The molecular formula is C15H24N2O4. The topological polar surface area (TPSA) is 84.5 Å². The maximum absolute atomic E-state index is 11.6. The fourth-order valence-electron chi connectivity index (χ4n) is 3.05. The predicted octanol–water partition coefficient (Wildman–Crippen LogP) is 1.88. The van der Waals surface area contributed by atoms with E-state index in [1.165, 1.54) is 6.42 Å². The van der Waals surface area contributed by atoms with Crippen LogP contribution < -0.4 is 10.6 Å². The van der Waals surface area contributed by atoms with E-state index < -0.39 is 11.9 Å². The van der Waals surface area contributed by atoms with Crippen LogP contribution in [0, 0.1) is 5.92 Å². The SMILES string of the molecule is O=C(COC(=O)C1CCCC1)NC(=O)NC1CCCCC1. The van der Waals surface area contributed by atoms with Gasteiger partial charge in [-0.3, -0.25) is 14.9 Å². The van der Waals surface area contributed by atoms with Crippen molar-refractivity contribution in [3.8, 4) is 0 Å². The number of ether oxygens (including phenoxy) is 1. The molecule has 6 heteroatoms. The molecule has 2 aliphatic rings. The summed E-state index contributed by atoms with van der Waals surface area (Å²) in [5.41, 5.74) is 0. The molecule has 0 aromatic heterocycles. The fourth-order valence-corrected chi connectivity index (χ4v) is 3.05. The molecule has 0 spiro atoms. The summed E-state index contributed by atoms with van der Waals surface area (Å²) < 4.78 is 4.95. The Bertz CT molecular complexity index is 385. The van der Waals surface area contributed by atoms with Crippen LogP contribution in [-0.2, 0) is 14.3 Å². The van der Waals surface area contributed by atoms with Gasteiger partial charge in [0.05, 0.1) is 5.92 Å². The van der Waals surface area contributed by atoms with Gasteiger partial charge in [-0.2, -0.15) is 0 Å². The number of carbonyl (C=O) groups excluding carboxylic acids is 3. The molecule has 0 unspecified atom stereocenters. The van der Waals surface area contributed by atoms with Crippen molar-refractivity contribution in [2.75, 3.05) is 6.61 Å². The average molecular weight is 296 g/mol. The van der Waals surface area contributed by atoms with Crippen LogP contribution >= 0.6 is 0 Å². The zero-order valence-electron chi connectivity index (χ0n) is 12.4. The zero-order chi connectivity index (χ0) is 15.1. The van der Waals surface area contributed by atoms with Crippen molar-refractivity contribution in [1.29, 1.82) is 0 Å². The molecule has 21 heavy (non-hydrogen) atoms. The third-order valence-electron chi connectivity index (χ3n) is 4.23. The summed E-state index contributed by atoms with van der Waals surface area (Å²) in [5.74, 6) is -0.973. The first-order valence-electron chi connectivity index (χ1n) is 7.92. The van der Waals surface area contributed by atoms with Crippen molar-refractivity contribution in [2.45, 2.75) is 63.8 Å². The van der Waals surface area contributed by atoms with E-state index in [0.29, 0.717) is 0 Å². The Hall–Kier alpha value is -1.59. The van der Waals surface area contributed by atoms with Gasteiger partial charge in [-0.25, -0.2) is 4.79 Å². The van der Waals surface area contributed by atoms with E-state index in [1.807, 2.05) is 0 Å². The maximum Gasteiger partial charge on any atom is 0.321 e. The number of imide groups is 1. The van der Waals surface area contributed by atoms with E-state index in [4.69, 9.17) is 4.74 Å². The first-order chi connectivity index (χ1) is 10.1. The Morgan fingerprint density at radius 3 is 2.19 bits per heavy atom. The lowest BCUT2D eigenvalue weighted by molar-refractivity contribution is -0.152. The van der Waals surface area contributed by atoms with E-state index in [-0.39, 0.29) is 24.5 Å². The van der Waals surface area contributed by atoms with E-state index in [0.717, 1.165) is 51.4 Å². The number of urea groups is 1. The highest BCUT2D eigenvalue weighted by atomic mass is 16.5. The molecule has 0 saturated heterocycles. The summed E-state index contributed by atoms with van der Waals surface area (Å²) in [4.78, 5) is 34.9. The smallest absolute Gasteiger partial charge is 0.321 e. The summed E-state index contributed by atoms with van der Waals surface area (Å²) >= 11 is 0. The van der Waals surface area contributed by atoms with Crippen LogP contribution in [0.25, 0.3) is 0 Å². The Kier molecular flexibility index (Phi) is 6.02. The molecule has 6 nitrogen and oxygen atoms in total. The summed E-state index contributed by atoms with van der Waals surface area (Å²) in [5, 5.41) is 4.99. The van der Waals surface area contributed by atoms with Crippen molar-refractivity contribution in [3.63, 3.8) is 0 Å². The molecule has 0 aliphatic heterocycles. The van der Waals surface area contributed by atoms with Crippen LogP contribution in [0.4, 0.5) is 4.79 Å². The molecule has 2 N–H and O–H groups in total. The highest BCUT2D eigenvalue weighted by Gasteiger charge is 2.25. The van der Waals surface area contributed by atoms with E-state index >= 15 is 0 Å². The molecular weight excluding hydrogens is 272 g/mol. The van der Waals surface area contributed by atoms with Crippen LogP contribution in [0.3, 0.4) is 0 Å². The average Bonchev–Trinajstić information content (AvgIpc) is 3.00. The number of carbonyl (C=O) groups is 3. The quantitative estimate of drug-likeness (QED) is 0.776. The second kappa shape index (κ2) is 8.00. The summed E-state index contributed by atoms with van der Waals surface area (Å²) in [6, 6.07) is -0.351. The normalized spacial score (nSPS) is 20.0. The minimum atomic E-state index is -0.574. The second-order valence-corrected chi connectivity index (χ2v) is 5.95. The fraction of sp³-hybridized carbons (Fsp3) is 0.800. The minimum Gasteiger partial charge on any atom is -0.455 e. The van der Waals surface area contributed by atoms with Gasteiger partial charge in [0.1, 0.15) is 0 Å². The Balaban J connectivity index is 1.61. The van der Waals surface area contributed by atoms with Gasteiger partial charge in [0.15, 0.2) is 6.61 Å². The number of nitrogens with one attached hydrogen (secondary N) is 2. The highest BCUT2D eigenvalue weighted by molar-refractivity contribution is 5.95. The number of amides is 3. The molecule has 2 fully saturated rings. The van der Waals surface area contributed by atoms with Gasteiger partial charge in [0.25, 0.3) is 5.91 Å². The molecule has 0 bridgehead atoms. The zero-order valence-corrected chi connectivity index (χ0v) is 12.4.